The Kier molecular flexibility index (Phi) is 11.4. The molecule has 5 rings (SSSR count). The quantitative estimate of drug-likeness (QED) is 0.228. The Balaban J connectivity index is 1.27. The van der Waals surface area contributed by atoms with Gasteiger partial charge in [-0.1, -0.05) is 31.9 Å². The molecule has 1 aromatic carbocycles. The van der Waals surface area contributed by atoms with Gasteiger partial charge in [0, 0.05) is 54.9 Å². The van der Waals surface area contributed by atoms with Crippen LogP contribution in [0.15, 0.2) is 30.5 Å². The van der Waals surface area contributed by atoms with E-state index in [-0.39, 0.29) is 46.7 Å². The van der Waals surface area contributed by atoms with Crippen LogP contribution in [0.4, 0.5) is 11.5 Å². The van der Waals surface area contributed by atoms with E-state index in [9.17, 15) is 18.0 Å². The van der Waals surface area contributed by atoms with Gasteiger partial charge in [0.05, 0.1) is 41.5 Å². The number of aryl methyl sites for hydroxylation is 1. The van der Waals surface area contributed by atoms with Gasteiger partial charge >= 0.3 is 0 Å². The summed E-state index contributed by atoms with van der Waals surface area (Å²) in [5.41, 5.74) is 2.55. The summed E-state index contributed by atoms with van der Waals surface area (Å²) in [5, 5.41) is 8.41. The number of carbonyl (C=O) groups excluding carboxylic acids is 2. The van der Waals surface area contributed by atoms with Crippen molar-refractivity contribution in [2.24, 2.45) is 5.92 Å². The Morgan fingerprint density at radius 2 is 1.94 bits per heavy atom. The fourth-order valence-corrected chi connectivity index (χ4v) is 7.65. The summed E-state index contributed by atoms with van der Waals surface area (Å²) < 4.78 is 34.3. The van der Waals surface area contributed by atoms with Gasteiger partial charge < -0.3 is 19.9 Å². The van der Waals surface area contributed by atoms with Crippen molar-refractivity contribution in [3.8, 4) is 0 Å². The number of hydrogen-bond acceptors (Lipinski definition) is 8. The normalized spacial score (nSPS) is 19.3. The molecule has 2 fully saturated rings. The first-order chi connectivity index (χ1) is 23.1. The van der Waals surface area contributed by atoms with Crippen molar-refractivity contribution in [3.63, 3.8) is 0 Å². The van der Waals surface area contributed by atoms with Crippen molar-refractivity contribution in [3.05, 3.63) is 52.3 Å². The number of likely N-dealkylation sites (tertiary alicyclic amines) is 1. The number of aromatic nitrogens is 3. The fourth-order valence-electron chi connectivity index (χ4n) is 6.90. The van der Waals surface area contributed by atoms with Crippen LogP contribution in [-0.4, -0.2) is 83.9 Å². The molecule has 2 saturated heterocycles. The number of halogens is 1. The number of nitrogens with one attached hydrogen (secondary N) is 2. The van der Waals surface area contributed by atoms with Crippen LogP contribution in [0.1, 0.15) is 100 Å². The van der Waals surface area contributed by atoms with Gasteiger partial charge in [0.25, 0.3) is 5.91 Å². The molecule has 14 heteroatoms. The van der Waals surface area contributed by atoms with Gasteiger partial charge in [0.15, 0.2) is 5.65 Å². The highest BCUT2D eigenvalue weighted by atomic mass is 35.5. The highest BCUT2D eigenvalue weighted by Gasteiger charge is 2.33. The minimum Gasteiger partial charge on any atom is -0.375 e. The first kappa shape index (κ1) is 36.9. The molecule has 268 valence electrons. The number of ether oxygens (including phenoxy) is 1. The van der Waals surface area contributed by atoms with E-state index in [1.54, 1.807) is 15.5 Å². The number of benzene rings is 1. The third kappa shape index (κ3) is 9.43. The minimum absolute atomic E-state index is 0.0328. The second-order valence-corrected chi connectivity index (χ2v) is 16.5. The monoisotopic (exact) mass is 715 g/mol. The zero-order chi connectivity index (χ0) is 35.5. The van der Waals surface area contributed by atoms with E-state index in [4.69, 9.17) is 26.4 Å². The number of anilines is 2. The molecule has 3 atom stereocenters. The van der Waals surface area contributed by atoms with Crippen LogP contribution in [0.5, 0.6) is 0 Å². The number of hydrogen-bond donors (Lipinski definition) is 2. The van der Waals surface area contributed by atoms with Crippen molar-refractivity contribution in [1.29, 1.82) is 0 Å². The Labute approximate surface area is 295 Å². The molecule has 0 saturated carbocycles. The van der Waals surface area contributed by atoms with Crippen molar-refractivity contribution < 1.29 is 22.7 Å². The Hall–Kier alpha value is -3.42. The molecule has 2 aliphatic rings. The van der Waals surface area contributed by atoms with Crippen molar-refractivity contribution in [2.75, 3.05) is 42.1 Å². The highest BCUT2D eigenvalue weighted by Crippen LogP contribution is 2.34. The summed E-state index contributed by atoms with van der Waals surface area (Å²) in [6.45, 7) is 12.9. The van der Waals surface area contributed by atoms with Crippen LogP contribution < -0.4 is 14.9 Å². The second kappa shape index (κ2) is 15.2. The molecule has 2 aliphatic heterocycles. The van der Waals surface area contributed by atoms with Gasteiger partial charge in [-0.15, -0.1) is 0 Å². The van der Waals surface area contributed by atoms with Crippen LogP contribution in [-0.2, 0) is 19.6 Å². The van der Waals surface area contributed by atoms with Gasteiger partial charge in [-0.05, 0) is 77.0 Å². The molecule has 0 aliphatic carbocycles. The topological polar surface area (TPSA) is 138 Å². The standard InChI is InChI=1S/C35H50ClN7O5S/c1-7-14-35(4,5)48-22-23(2)17-32(44)37-26-13-16-41(21-26)33-24(3)20-43-31(38-33)19-29(39-43)30-10-8-9-15-42(30)34(45)27-18-25(36)11-12-28(27)40-49(6,46)47/h11-12,18-20,23,26,30,40H,7-10,13-17,21-22H2,1-6H3,(H,37,44). The minimum atomic E-state index is -3.62. The summed E-state index contributed by atoms with van der Waals surface area (Å²) in [4.78, 5) is 35.8. The third-order valence-corrected chi connectivity index (χ3v) is 10.1. The smallest absolute Gasteiger partial charge is 0.256 e. The summed E-state index contributed by atoms with van der Waals surface area (Å²) in [5.74, 6) is 0.707. The van der Waals surface area contributed by atoms with E-state index in [1.165, 1.54) is 12.1 Å². The van der Waals surface area contributed by atoms with Crippen molar-refractivity contribution in [1.82, 2.24) is 24.8 Å². The van der Waals surface area contributed by atoms with Crippen LogP contribution in [0.3, 0.4) is 0 Å². The molecule has 3 unspecified atom stereocenters. The lowest BCUT2D eigenvalue weighted by molar-refractivity contribution is -0.123. The lowest BCUT2D eigenvalue weighted by atomic mass is 9.98. The zero-order valence-electron chi connectivity index (χ0n) is 29.5. The average Bonchev–Trinajstić information content (AvgIpc) is 3.66. The van der Waals surface area contributed by atoms with Gasteiger partial charge in [0.1, 0.15) is 5.82 Å². The van der Waals surface area contributed by atoms with E-state index in [2.05, 4.69) is 42.6 Å². The number of nitrogens with zero attached hydrogens (tertiary/aromatic N) is 5. The van der Waals surface area contributed by atoms with Crippen LogP contribution >= 0.6 is 11.6 Å². The summed E-state index contributed by atoms with van der Waals surface area (Å²) in [6.07, 6.45) is 8.76. The number of rotatable bonds is 13. The fraction of sp³-hybridized carbons (Fsp3) is 0.600. The second-order valence-electron chi connectivity index (χ2n) is 14.3. The molecule has 0 bridgehead atoms. The molecule has 2 amide bonds. The van der Waals surface area contributed by atoms with E-state index >= 15 is 0 Å². The molecule has 0 radical (unpaired) electrons. The third-order valence-electron chi connectivity index (χ3n) is 9.23. The molecule has 2 aromatic heterocycles. The van der Waals surface area contributed by atoms with Crippen molar-refractivity contribution >= 4 is 50.6 Å². The van der Waals surface area contributed by atoms with E-state index in [0.29, 0.717) is 43.2 Å². The SMILES string of the molecule is CCCC(C)(C)OCC(C)CC(=O)NC1CCN(c2nc3cc(C4CCCCN4C(=O)c4cc(Cl)ccc4NS(C)(=O)=O)nn3cc2C)C1. The number of sulfonamides is 1. The molecular weight excluding hydrogens is 666 g/mol. The number of fused-ring (bicyclic) bond motifs is 1. The molecule has 0 spiro atoms. The van der Waals surface area contributed by atoms with Crippen LogP contribution in [0.25, 0.3) is 5.65 Å². The Bertz CT molecular complexity index is 1780. The number of amides is 2. The van der Waals surface area contributed by atoms with E-state index < -0.39 is 10.0 Å². The number of piperidine rings is 1. The lowest BCUT2D eigenvalue weighted by Crippen LogP contribution is -2.39. The molecular formula is C35H50ClN7O5S. The summed E-state index contributed by atoms with van der Waals surface area (Å²) in [6, 6.07) is 6.21. The van der Waals surface area contributed by atoms with Crippen LogP contribution in [0, 0.1) is 12.8 Å². The molecule has 12 nitrogen and oxygen atoms in total. The largest absolute Gasteiger partial charge is 0.375 e. The zero-order valence-corrected chi connectivity index (χ0v) is 31.0. The molecule has 3 aromatic rings. The van der Waals surface area contributed by atoms with Crippen LogP contribution in [0.2, 0.25) is 5.02 Å². The van der Waals surface area contributed by atoms with Gasteiger partial charge in [-0.25, -0.2) is 17.9 Å². The first-order valence-corrected chi connectivity index (χ1v) is 19.5. The number of carbonyl (C=O) groups is 2. The van der Waals surface area contributed by atoms with E-state index in [0.717, 1.165) is 62.0 Å². The maximum Gasteiger partial charge on any atom is 0.256 e. The van der Waals surface area contributed by atoms with E-state index in [1.807, 2.05) is 19.2 Å². The Morgan fingerprint density at radius 3 is 2.67 bits per heavy atom. The maximum atomic E-state index is 13.9. The summed E-state index contributed by atoms with van der Waals surface area (Å²) in [7, 11) is -3.62. The molecule has 49 heavy (non-hydrogen) atoms. The Morgan fingerprint density at radius 1 is 1.16 bits per heavy atom. The summed E-state index contributed by atoms with van der Waals surface area (Å²) >= 11 is 6.25. The highest BCUT2D eigenvalue weighted by molar-refractivity contribution is 7.92. The van der Waals surface area contributed by atoms with Gasteiger partial charge in [-0.3, -0.25) is 14.3 Å². The predicted molar refractivity (Wildman–Crippen MR) is 193 cm³/mol. The maximum absolute atomic E-state index is 13.9. The molecule has 2 N–H and O–H groups in total. The van der Waals surface area contributed by atoms with Gasteiger partial charge in [0.2, 0.25) is 15.9 Å². The molecule has 4 heterocycles. The van der Waals surface area contributed by atoms with Crippen molar-refractivity contribution in [2.45, 2.75) is 97.2 Å². The average molecular weight is 716 g/mol. The van der Waals surface area contributed by atoms with Gasteiger partial charge in [-0.2, -0.15) is 5.10 Å². The lowest BCUT2D eigenvalue weighted by Gasteiger charge is -2.35. The first-order valence-electron chi connectivity index (χ1n) is 17.3. The predicted octanol–water partition coefficient (Wildman–Crippen LogP) is 5.75.